The fourth-order valence-corrected chi connectivity index (χ4v) is 2.39. The number of hydrogen-bond acceptors (Lipinski definition) is 5. The molecule has 1 saturated heterocycles. The maximum atomic E-state index is 4.36. The molecule has 1 N–H and O–H groups in total. The minimum Gasteiger partial charge on any atom is -0.314 e. The Bertz CT molecular complexity index is 369. The van der Waals surface area contributed by atoms with Crippen molar-refractivity contribution < 1.29 is 0 Å². The second kappa shape index (κ2) is 6.98. The van der Waals surface area contributed by atoms with Gasteiger partial charge in [-0.05, 0) is 20.9 Å². The second-order valence-corrected chi connectivity index (χ2v) is 5.54. The summed E-state index contributed by atoms with van der Waals surface area (Å²) < 4.78 is 2.00. The van der Waals surface area contributed by atoms with Crippen molar-refractivity contribution in [2.45, 2.75) is 26.4 Å². The van der Waals surface area contributed by atoms with E-state index >= 15 is 0 Å². The van der Waals surface area contributed by atoms with Gasteiger partial charge in [0, 0.05) is 45.3 Å². The van der Waals surface area contributed by atoms with E-state index in [1.54, 1.807) is 6.33 Å². The first kappa shape index (κ1) is 14.4. The summed E-state index contributed by atoms with van der Waals surface area (Å²) in [6.45, 7) is 11.9. The highest BCUT2D eigenvalue weighted by Crippen LogP contribution is 2.07. The molecule has 0 bridgehead atoms. The minimum absolute atomic E-state index is 0.374. The van der Waals surface area contributed by atoms with Crippen LogP contribution in [0.1, 0.15) is 25.7 Å². The average Bonchev–Trinajstić information content (AvgIpc) is 2.86. The average molecular weight is 266 g/mol. The zero-order chi connectivity index (χ0) is 13.7. The molecule has 108 valence electrons. The van der Waals surface area contributed by atoms with Crippen LogP contribution in [-0.4, -0.2) is 70.9 Å². The van der Waals surface area contributed by atoms with Crippen LogP contribution in [0.4, 0.5) is 0 Å². The van der Waals surface area contributed by atoms with Crippen LogP contribution in [0, 0.1) is 0 Å². The molecule has 1 aromatic heterocycles. The van der Waals surface area contributed by atoms with E-state index in [0.29, 0.717) is 6.04 Å². The Hall–Kier alpha value is -0.980. The Balaban J connectivity index is 1.77. The molecule has 6 heteroatoms. The van der Waals surface area contributed by atoms with Crippen molar-refractivity contribution in [1.29, 1.82) is 0 Å². The van der Waals surface area contributed by atoms with Gasteiger partial charge in [-0.15, -0.1) is 0 Å². The molecule has 0 aromatic carbocycles. The Morgan fingerprint density at radius 3 is 2.79 bits per heavy atom. The van der Waals surface area contributed by atoms with Gasteiger partial charge in [0.25, 0.3) is 0 Å². The summed E-state index contributed by atoms with van der Waals surface area (Å²) in [5, 5.41) is 7.66. The zero-order valence-electron chi connectivity index (χ0n) is 12.3. The van der Waals surface area contributed by atoms with E-state index in [1.807, 2.05) is 4.68 Å². The largest absolute Gasteiger partial charge is 0.314 e. The topological polar surface area (TPSA) is 49.2 Å². The summed E-state index contributed by atoms with van der Waals surface area (Å²) in [5.41, 5.74) is 0. The highest BCUT2D eigenvalue weighted by atomic mass is 15.4. The lowest BCUT2D eigenvalue weighted by molar-refractivity contribution is 0.199. The Labute approximate surface area is 115 Å². The fourth-order valence-electron chi connectivity index (χ4n) is 2.39. The summed E-state index contributed by atoms with van der Waals surface area (Å²) in [7, 11) is 2.15. The number of nitrogens with one attached hydrogen (secondary N) is 1. The Kier molecular flexibility index (Phi) is 5.30. The quantitative estimate of drug-likeness (QED) is 0.797. The second-order valence-electron chi connectivity index (χ2n) is 5.54. The summed E-state index contributed by atoms with van der Waals surface area (Å²) in [4.78, 5) is 9.20. The maximum Gasteiger partial charge on any atom is 0.141 e. The molecule has 0 aliphatic carbocycles. The van der Waals surface area contributed by atoms with Gasteiger partial charge in [-0.3, -0.25) is 9.80 Å². The lowest BCUT2D eigenvalue weighted by atomic mass is 10.3. The van der Waals surface area contributed by atoms with Crippen molar-refractivity contribution >= 4 is 0 Å². The maximum absolute atomic E-state index is 4.36. The normalized spacial score (nSPS) is 17.5. The minimum atomic E-state index is 0.374. The van der Waals surface area contributed by atoms with Crippen LogP contribution in [0.5, 0.6) is 0 Å². The Morgan fingerprint density at radius 1 is 1.37 bits per heavy atom. The standard InChI is InChI=1S/C13H26N6/c1-12(2)19-13(15-11-16-19)10-17(3)8-9-18-6-4-14-5-7-18/h11-12,14H,4-10H2,1-3H3. The van der Waals surface area contributed by atoms with Gasteiger partial charge in [-0.2, -0.15) is 5.10 Å². The van der Waals surface area contributed by atoms with Crippen molar-refractivity contribution in [2.24, 2.45) is 0 Å². The molecule has 1 aliphatic heterocycles. The van der Waals surface area contributed by atoms with E-state index in [-0.39, 0.29) is 0 Å². The molecule has 0 radical (unpaired) electrons. The molecule has 19 heavy (non-hydrogen) atoms. The number of nitrogens with zero attached hydrogens (tertiary/aromatic N) is 5. The summed E-state index contributed by atoms with van der Waals surface area (Å²) in [5.74, 6) is 1.05. The van der Waals surface area contributed by atoms with E-state index in [9.17, 15) is 0 Å². The van der Waals surface area contributed by atoms with E-state index < -0.39 is 0 Å². The highest BCUT2D eigenvalue weighted by Gasteiger charge is 2.12. The predicted octanol–water partition coefficient (Wildman–Crippen LogP) is 0.196. The van der Waals surface area contributed by atoms with Crippen LogP contribution >= 0.6 is 0 Å². The smallest absolute Gasteiger partial charge is 0.141 e. The lowest BCUT2D eigenvalue weighted by Gasteiger charge is -2.29. The van der Waals surface area contributed by atoms with Gasteiger partial charge in [-0.25, -0.2) is 9.67 Å². The van der Waals surface area contributed by atoms with Crippen molar-refractivity contribution in [3.63, 3.8) is 0 Å². The van der Waals surface area contributed by atoms with Gasteiger partial charge in [0.15, 0.2) is 0 Å². The van der Waals surface area contributed by atoms with E-state index in [2.05, 4.69) is 46.1 Å². The van der Waals surface area contributed by atoms with Gasteiger partial charge in [-0.1, -0.05) is 0 Å². The molecular weight excluding hydrogens is 240 g/mol. The van der Waals surface area contributed by atoms with Crippen LogP contribution in [-0.2, 0) is 6.54 Å². The van der Waals surface area contributed by atoms with Gasteiger partial charge in [0.1, 0.15) is 12.2 Å². The third-order valence-electron chi connectivity index (χ3n) is 3.56. The zero-order valence-corrected chi connectivity index (χ0v) is 12.3. The van der Waals surface area contributed by atoms with Crippen LogP contribution < -0.4 is 5.32 Å². The molecule has 0 saturated carbocycles. The fraction of sp³-hybridized carbons (Fsp3) is 0.846. The van der Waals surface area contributed by atoms with Crippen LogP contribution in [0.2, 0.25) is 0 Å². The van der Waals surface area contributed by atoms with Crippen LogP contribution in [0.25, 0.3) is 0 Å². The summed E-state index contributed by atoms with van der Waals surface area (Å²) >= 11 is 0. The van der Waals surface area contributed by atoms with Gasteiger partial charge in [0.05, 0.1) is 6.54 Å². The number of aromatic nitrogens is 3. The molecule has 0 spiro atoms. The summed E-state index contributed by atoms with van der Waals surface area (Å²) in [6, 6.07) is 0.374. The molecule has 0 atom stereocenters. The Morgan fingerprint density at radius 2 is 2.11 bits per heavy atom. The van der Waals surface area contributed by atoms with Crippen LogP contribution in [0.15, 0.2) is 6.33 Å². The number of hydrogen-bond donors (Lipinski definition) is 1. The van der Waals surface area contributed by atoms with Crippen LogP contribution in [0.3, 0.4) is 0 Å². The first-order valence-corrected chi connectivity index (χ1v) is 7.17. The third kappa shape index (κ3) is 4.26. The lowest BCUT2D eigenvalue weighted by Crippen LogP contribution is -2.45. The molecule has 2 heterocycles. The van der Waals surface area contributed by atoms with Gasteiger partial charge < -0.3 is 5.32 Å². The van der Waals surface area contributed by atoms with Crippen molar-refractivity contribution in [3.05, 3.63) is 12.2 Å². The first-order valence-electron chi connectivity index (χ1n) is 7.17. The predicted molar refractivity (Wildman–Crippen MR) is 76.1 cm³/mol. The molecule has 0 unspecified atom stereocenters. The molecule has 1 fully saturated rings. The third-order valence-corrected chi connectivity index (χ3v) is 3.56. The molecule has 1 aromatic rings. The number of likely N-dealkylation sites (N-methyl/N-ethyl adjacent to an activating group) is 1. The SMILES string of the molecule is CC(C)n1ncnc1CN(C)CCN1CCNCC1. The van der Waals surface area contributed by atoms with E-state index in [1.165, 1.54) is 0 Å². The monoisotopic (exact) mass is 266 g/mol. The summed E-state index contributed by atoms with van der Waals surface area (Å²) in [6.07, 6.45) is 1.65. The molecular formula is C13H26N6. The molecule has 1 aliphatic rings. The molecule has 2 rings (SSSR count). The first-order chi connectivity index (χ1) is 9.16. The van der Waals surface area contributed by atoms with E-state index in [0.717, 1.165) is 51.6 Å². The highest BCUT2D eigenvalue weighted by molar-refractivity contribution is 4.86. The van der Waals surface area contributed by atoms with E-state index in [4.69, 9.17) is 0 Å². The van der Waals surface area contributed by atoms with Gasteiger partial charge >= 0.3 is 0 Å². The van der Waals surface area contributed by atoms with Crippen molar-refractivity contribution in [3.8, 4) is 0 Å². The van der Waals surface area contributed by atoms with Crippen molar-refractivity contribution in [1.82, 2.24) is 29.9 Å². The van der Waals surface area contributed by atoms with Crippen molar-refractivity contribution in [2.75, 3.05) is 46.3 Å². The number of rotatable bonds is 6. The number of piperazine rings is 1. The molecule has 6 nitrogen and oxygen atoms in total. The van der Waals surface area contributed by atoms with Gasteiger partial charge in [0.2, 0.25) is 0 Å². The molecule has 0 amide bonds.